The molecule has 8 aliphatic rings. The second-order valence-corrected chi connectivity index (χ2v) is 18.0. The van der Waals surface area contributed by atoms with Gasteiger partial charge in [0.2, 0.25) is 6.79 Å². The minimum atomic E-state index is -1.42. The van der Waals surface area contributed by atoms with Crippen molar-refractivity contribution in [3.8, 4) is 17.2 Å². The van der Waals surface area contributed by atoms with E-state index >= 15 is 0 Å². The number of thioether (sulfide) groups is 1. The standard InChI is InChI=1S/C42H48N4O10S/c1-18-11-21-12-26-39(50)46-27-15-53-40(51)42(36-24(13-22(14-47)44-42)23-9-7-8-10-25(23)43-36)16-57-35(30(46)37(45(26)5)41(21,4)38(49)31(18)52-6)29-28(27)34-33(54-17-55-34)19(2)32(29)56-20(3)48/h7-11,21-22,26-27,30,35,37,39,43-44,47,49-50H,12-17H2,1-6H3/t21-,22+,26-,27-,30-,35+,37?,39-,41?,42+/m0/s1. The van der Waals surface area contributed by atoms with Gasteiger partial charge in [-0.1, -0.05) is 31.2 Å². The largest absolute Gasteiger partial charge is 0.508 e. The summed E-state index contributed by atoms with van der Waals surface area (Å²) in [6.07, 6.45) is 2.18. The van der Waals surface area contributed by atoms with Crippen molar-refractivity contribution < 1.29 is 48.6 Å². The average Bonchev–Trinajstić information content (AvgIpc) is 3.83. The first-order valence-electron chi connectivity index (χ1n) is 19.6. The van der Waals surface area contributed by atoms with E-state index in [-0.39, 0.29) is 43.5 Å². The van der Waals surface area contributed by atoms with Gasteiger partial charge >= 0.3 is 11.9 Å². The Labute approximate surface area is 334 Å². The molecule has 4 bridgehead atoms. The van der Waals surface area contributed by atoms with Crippen LogP contribution in [0.3, 0.4) is 0 Å². The van der Waals surface area contributed by atoms with E-state index < -0.39 is 58.5 Å². The highest BCUT2D eigenvalue weighted by Gasteiger charge is 2.67. The van der Waals surface area contributed by atoms with Crippen molar-refractivity contribution >= 4 is 34.6 Å². The molecule has 3 fully saturated rings. The predicted molar refractivity (Wildman–Crippen MR) is 209 cm³/mol. The second-order valence-electron chi connectivity index (χ2n) is 16.8. The number of piperazine rings is 1. The van der Waals surface area contributed by atoms with E-state index in [2.05, 4.69) is 33.1 Å². The lowest BCUT2D eigenvalue weighted by atomic mass is 9.56. The molecule has 1 spiro atoms. The zero-order chi connectivity index (χ0) is 39.9. The first-order chi connectivity index (χ1) is 27.3. The molecule has 0 radical (unpaired) electrons. The van der Waals surface area contributed by atoms with Gasteiger partial charge in [0.05, 0.1) is 36.1 Å². The van der Waals surface area contributed by atoms with Gasteiger partial charge in [-0.05, 0) is 56.9 Å². The SMILES string of the molecule is COC1=C(O)C2(C)C3[C@@H]4[C@@H]5SC[C@]6(N[C@@H](CO)Cc7c6[nH]c6ccccc76)C(=O)OC[C@@H](c6c7c(c(C)c(OC(C)=O)c65)OCO7)N4[C@@H](O)[C@H](C[C@@H]2C=C1C)N3C. The summed E-state index contributed by atoms with van der Waals surface area (Å²) in [6, 6.07) is 5.34. The minimum absolute atomic E-state index is 0.0565. The fourth-order valence-electron chi connectivity index (χ4n) is 11.6. The summed E-state index contributed by atoms with van der Waals surface area (Å²) in [5, 5.41) is 39.7. The third-order valence-corrected chi connectivity index (χ3v) is 15.5. The Bertz CT molecular complexity index is 2310. The van der Waals surface area contributed by atoms with Crippen molar-refractivity contribution in [3.63, 3.8) is 0 Å². The highest BCUT2D eigenvalue weighted by Crippen LogP contribution is 2.65. The van der Waals surface area contributed by atoms with Gasteiger partial charge in [0.1, 0.15) is 24.3 Å². The first-order valence-corrected chi connectivity index (χ1v) is 20.7. The molecule has 0 saturated carbocycles. The molecule has 7 aliphatic heterocycles. The van der Waals surface area contributed by atoms with E-state index in [4.69, 9.17) is 23.7 Å². The number of rotatable bonds is 3. The summed E-state index contributed by atoms with van der Waals surface area (Å²) >= 11 is 1.50. The Hall–Kier alpha value is -4.25. The minimum Gasteiger partial charge on any atom is -0.508 e. The zero-order valence-corrected chi connectivity index (χ0v) is 33.6. The van der Waals surface area contributed by atoms with Crippen LogP contribution >= 0.6 is 11.8 Å². The molecule has 15 heteroatoms. The van der Waals surface area contributed by atoms with Crippen molar-refractivity contribution in [2.24, 2.45) is 11.3 Å². The van der Waals surface area contributed by atoms with Crippen molar-refractivity contribution in [2.75, 3.05) is 39.9 Å². The van der Waals surface area contributed by atoms with E-state index in [1.807, 2.05) is 45.2 Å². The van der Waals surface area contributed by atoms with Crippen LogP contribution in [0.1, 0.15) is 66.4 Å². The van der Waals surface area contributed by atoms with Crippen LogP contribution < -0.4 is 19.5 Å². The summed E-state index contributed by atoms with van der Waals surface area (Å²) in [5.41, 5.74) is 2.96. The van der Waals surface area contributed by atoms with Crippen molar-refractivity contribution in [1.82, 2.24) is 20.1 Å². The number of hydrogen-bond donors (Lipinski definition) is 5. The first kappa shape index (κ1) is 37.0. The third-order valence-electron chi connectivity index (χ3n) is 14.1. The molecule has 3 aromatic rings. The average molecular weight is 801 g/mol. The summed E-state index contributed by atoms with van der Waals surface area (Å²) in [4.78, 5) is 35.8. The van der Waals surface area contributed by atoms with Crippen LogP contribution in [0.5, 0.6) is 17.2 Å². The van der Waals surface area contributed by atoms with Gasteiger partial charge < -0.3 is 44.0 Å². The molecule has 57 heavy (non-hydrogen) atoms. The molecule has 1 aliphatic carbocycles. The van der Waals surface area contributed by atoms with Crippen molar-refractivity contribution in [2.45, 2.75) is 87.8 Å². The molecule has 1 aromatic heterocycles. The quantitative estimate of drug-likeness (QED) is 0.190. The van der Waals surface area contributed by atoms with Gasteiger partial charge in [0.15, 0.2) is 22.8 Å². The number of nitrogens with one attached hydrogen (secondary N) is 2. The van der Waals surface area contributed by atoms with Gasteiger partial charge in [-0.25, -0.2) is 4.79 Å². The Morgan fingerprint density at radius 3 is 2.67 bits per heavy atom. The Kier molecular flexibility index (Phi) is 8.37. The van der Waals surface area contributed by atoms with E-state index in [0.717, 1.165) is 22.0 Å². The van der Waals surface area contributed by atoms with Crippen LogP contribution in [0.25, 0.3) is 10.9 Å². The van der Waals surface area contributed by atoms with Gasteiger partial charge in [-0.2, -0.15) is 0 Å². The second kappa shape index (κ2) is 12.9. The Morgan fingerprint density at radius 1 is 1.14 bits per heavy atom. The van der Waals surface area contributed by atoms with Crippen LogP contribution in [0, 0.1) is 18.3 Å². The summed E-state index contributed by atoms with van der Waals surface area (Å²) < 4.78 is 30.8. The maximum absolute atomic E-state index is 15.0. The summed E-state index contributed by atoms with van der Waals surface area (Å²) in [7, 11) is 3.57. The topological polar surface area (TPSA) is 175 Å². The lowest BCUT2D eigenvalue weighted by Gasteiger charge is -2.67. The number of carbonyl (C=O) groups is 2. The Balaban J connectivity index is 1.24. The van der Waals surface area contributed by atoms with Crippen LogP contribution in [0.4, 0.5) is 0 Å². The van der Waals surface area contributed by atoms with Crippen molar-refractivity contribution in [3.05, 3.63) is 75.4 Å². The zero-order valence-electron chi connectivity index (χ0n) is 32.8. The highest BCUT2D eigenvalue weighted by molar-refractivity contribution is 7.99. The number of methoxy groups -OCH3 is 1. The van der Waals surface area contributed by atoms with Gasteiger partial charge in [-0.15, -0.1) is 11.8 Å². The number of aliphatic hydroxyl groups is 3. The molecule has 3 saturated heterocycles. The van der Waals surface area contributed by atoms with E-state index in [0.29, 0.717) is 58.2 Å². The summed E-state index contributed by atoms with van der Waals surface area (Å²) in [5.74, 6) is 0.785. The molecule has 8 heterocycles. The lowest BCUT2D eigenvalue weighted by Crippen LogP contribution is -2.77. The monoisotopic (exact) mass is 800 g/mol. The van der Waals surface area contributed by atoms with Gasteiger partial charge in [0.25, 0.3) is 0 Å². The molecule has 0 amide bonds. The Morgan fingerprint density at radius 2 is 1.91 bits per heavy atom. The molecule has 11 rings (SSSR count). The number of H-pyrrole nitrogens is 1. The third kappa shape index (κ3) is 4.84. The number of aliphatic hydroxyl groups excluding tert-OH is 3. The molecule has 5 N–H and O–H groups in total. The van der Waals surface area contributed by atoms with E-state index in [9.17, 15) is 24.9 Å². The number of benzene rings is 2. The van der Waals surface area contributed by atoms with Gasteiger partial charge in [-0.3, -0.25) is 19.9 Å². The molecule has 302 valence electrons. The fraction of sp³-hybridized carbons (Fsp3) is 0.524. The fourth-order valence-corrected chi connectivity index (χ4v) is 13.3. The molecule has 10 atom stereocenters. The number of allylic oxidation sites excluding steroid dienone is 2. The number of likely N-dealkylation sites (N-methyl/N-ethyl adjacent to an activating group) is 1. The van der Waals surface area contributed by atoms with Crippen LogP contribution in [-0.2, 0) is 31.0 Å². The number of para-hydroxylation sites is 1. The predicted octanol–water partition coefficient (Wildman–Crippen LogP) is 3.99. The number of aromatic nitrogens is 1. The highest BCUT2D eigenvalue weighted by atomic mass is 32.2. The van der Waals surface area contributed by atoms with Crippen LogP contribution in [-0.4, -0.2) is 112 Å². The number of aromatic amines is 1. The van der Waals surface area contributed by atoms with Crippen molar-refractivity contribution in [1.29, 1.82) is 0 Å². The smallest absolute Gasteiger partial charge is 0.333 e. The molecular formula is C42H48N4O10S. The number of hydrogen-bond acceptors (Lipinski definition) is 14. The van der Waals surface area contributed by atoms with E-state index in [1.165, 1.54) is 18.7 Å². The maximum atomic E-state index is 15.0. The molecule has 2 aromatic carbocycles. The number of esters is 2. The molecular weight excluding hydrogens is 753 g/mol. The molecule has 14 nitrogen and oxygen atoms in total. The number of carbonyl (C=O) groups excluding carboxylic acids is 2. The summed E-state index contributed by atoms with van der Waals surface area (Å²) in [6.45, 7) is 6.77. The van der Waals surface area contributed by atoms with Crippen LogP contribution in [0.2, 0.25) is 0 Å². The normalized spacial score (nSPS) is 35.6. The van der Waals surface area contributed by atoms with Crippen LogP contribution in [0.15, 0.2) is 47.4 Å². The number of fused-ring (bicyclic) bond motifs is 11. The maximum Gasteiger partial charge on any atom is 0.333 e. The van der Waals surface area contributed by atoms with Gasteiger partial charge in [0, 0.05) is 64.4 Å². The number of nitrogens with zero attached hydrogens (tertiary/aromatic N) is 2. The number of ether oxygens (including phenoxy) is 5. The lowest BCUT2D eigenvalue weighted by molar-refractivity contribution is -0.222. The van der Waals surface area contributed by atoms with E-state index in [1.54, 1.807) is 7.11 Å². The number of piperidine rings is 1. The molecule has 2 unspecified atom stereocenters.